The maximum absolute atomic E-state index is 13.0. The molecule has 1 atom stereocenters. The highest BCUT2D eigenvalue weighted by atomic mass is 35.5. The molecule has 0 saturated carbocycles. The van der Waals surface area contributed by atoms with E-state index in [2.05, 4.69) is 32.9 Å². The molecule has 0 unspecified atom stereocenters. The van der Waals surface area contributed by atoms with E-state index in [0.717, 1.165) is 23.4 Å². The molecular weight excluding hydrogens is 338 g/mol. The predicted molar refractivity (Wildman–Crippen MR) is 103 cm³/mol. The second kappa shape index (κ2) is 6.81. The van der Waals surface area contributed by atoms with Crippen LogP contribution in [-0.4, -0.2) is 23.1 Å². The molecule has 1 amide bonds. The van der Waals surface area contributed by atoms with Gasteiger partial charge < -0.3 is 4.90 Å². The van der Waals surface area contributed by atoms with Crippen LogP contribution in [0.4, 0.5) is 0 Å². The number of thioether (sulfide) groups is 1. The lowest BCUT2D eigenvalue weighted by atomic mass is 9.86. The van der Waals surface area contributed by atoms with Gasteiger partial charge in [0.2, 0.25) is 0 Å². The number of benzene rings is 2. The van der Waals surface area contributed by atoms with E-state index in [1.807, 2.05) is 41.3 Å². The third-order valence-corrected chi connectivity index (χ3v) is 5.78. The van der Waals surface area contributed by atoms with Gasteiger partial charge in [0, 0.05) is 22.9 Å². The van der Waals surface area contributed by atoms with Gasteiger partial charge in [-0.3, -0.25) is 4.79 Å². The molecule has 1 fully saturated rings. The third kappa shape index (κ3) is 3.62. The molecule has 1 saturated heterocycles. The first-order valence-electron chi connectivity index (χ1n) is 8.15. The van der Waals surface area contributed by atoms with Crippen molar-refractivity contribution in [1.29, 1.82) is 0 Å². The van der Waals surface area contributed by atoms with Crippen molar-refractivity contribution in [2.45, 2.75) is 31.6 Å². The minimum absolute atomic E-state index is 0.0403. The van der Waals surface area contributed by atoms with Crippen LogP contribution in [0.2, 0.25) is 5.02 Å². The Kier molecular flexibility index (Phi) is 4.93. The summed E-state index contributed by atoms with van der Waals surface area (Å²) in [6, 6.07) is 15.8. The molecule has 126 valence electrons. The molecule has 1 aliphatic heterocycles. The SMILES string of the molecule is CC(C)(C)c1ccc(C(=O)N2CCS[C@H]2c2cccc(Cl)c2)cc1. The zero-order valence-electron chi connectivity index (χ0n) is 14.3. The first-order valence-corrected chi connectivity index (χ1v) is 9.57. The Morgan fingerprint density at radius 1 is 1.17 bits per heavy atom. The summed E-state index contributed by atoms with van der Waals surface area (Å²) in [7, 11) is 0. The van der Waals surface area contributed by atoms with E-state index in [9.17, 15) is 4.79 Å². The van der Waals surface area contributed by atoms with Gasteiger partial charge in [-0.25, -0.2) is 0 Å². The van der Waals surface area contributed by atoms with Crippen LogP contribution in [0.5, 0.6) is 0 Å². The van der Waals surface area contributed by atoms with E-state index in [1.54, 1.807) is 11.8 Å². The van der Waals surface area contributed by atoms with Crippen molar-refractivity contribution in [3.05, 3.63) is 70.2 Å². The molecule has 2 aromatic rings. The first kappa shape index (κ1) is 17.4. The number of hydrogen-bond acceptors (Lipinski definition) is 2. The molecular formula is C20H22ClNOS. The number of halogens is 1. The summed E-state index contributed by atoms with van der Waals surface area (Å²) in [4.78, 5) is 14.9. The van der Waals surface area contributed by atoms with Gasteiger partial charge in [0.05, 0.1) is 0 Å². The van der Waals surface area contributed by atoms with E-state index in [-0.39, 0.29) is 16.7 Å². The topological polar surface area (TPSA) is 20.3 Å². The molecule has 3 rings (SSSR count). The molecule has 2 aromatic carbocycles. The average Bonchev–Trinajstić information content (AvgIpc) is 3.03. The van der Waals surface area contributed by atoms with Crippen LogP contribution in [0, 0.1) is 0 Å². The maximum atomic E-state index is 13.0. The standard InChI is InChI=1S/C20H22ClNOS/c1-20(2,3)16-9-7-14(8-10-16)18(23)22-11-12-24-19(22)15-5-4-6-17(21)13-15/h4-10,13,19H,11-12H2,1-3H3/t19-/m0/s1. The fraction of sp³-hybridized carbons (Fsp3) is 0.350. The van der Waals surface area contributed by atoms with Gasteiger partial charge >= 0.3 is 0 Å². The number of hydrogen-bond donors (Lipinski definition) is 0. The van der Waals surface area contributed by atoms with E-state index < -0.39 is 0 Å². The van der Waals surface area contributed by atoms with E-state index in [0.29, 0.717) is 5.02 Å². The Morgan fingerprint density at radius 2 is 1.88 bits per heavy atom. The van der Waals surface area contributed by atoms with Crippen molar-refractivity contribution in [1.82, 2.24) is 4.90 Å². The third-order valence-electron chi connectivity index (χ3n) is 4.28. The Balaban J connectivity index is 1.83. The molecule has 0 N–H and O–H groups in total. The summed E-state index contributed by atoms with van der Waals surface area (Å²) in [5.41, 5.74) is 3.16. The lowest BCUT2D eigenvalue weighted by molar-refractivity contribution is 0.0760. The minimum atomic E-state index is 0.0403. The summed E-state index contributed by atoms with van der Waals surface area (Å²) >= 11 is 7.90. The fourth-order valence-electron chi connectivity index (χ4n) is 2.89. The molecule has 1 heterocycles. The quantitative estimate of drug-likeness (QED) is 0.703. The van der Waals surface area contributed by atoms with Gasteiger partial charge in [0.1, 0.15) is 5.37 Å². The summed E-state index contributed by atoms with van der Waals surface area (Å²) in [5, 5.41) is 0.750. The van der Waals surface area contributed by atoms with Crippen molar-refractivity contribution < 1.29 is 4.79 Å². The van der Waals surface area contributed by atoms with Gasteiger partial charge in [-0.1, -0.05) is 56.6 Å². The predicted octanol–water partition coefficient (Wildman–Crippen LogP) is 5.53. The van der Waals surface area contributed by atoms with E-state index >= 15 is 0 Å². The number of rotatable bonds is 2. The van der Waals surface area contributed by atoms with Crippen LogP contribution < -0.4 is 0 Å². The molecule has 1 aliphatic rings. The summed E-state index contributed by atoms with van der Waals surface area (Å²) in [6.45, 7) is 7.30. The highest BCUT2D eigenvalue weighted by Crippen LogP contribution is 2.39. The Labute approximate surface area is 153 Å². The van der Waals surface area contributed by atoms with Gasteiger partial charge in [-0.15, -0.1) is 11.8 Å². The van der Waals surface area contributed by atoms with Gasteiger partial charge in [-0.2, -0.15) is 0 Å². The van der Waals surface area contributed by atoms with Crippen LogP contribution in [0.25, 0.3) is 0 Å². The maximum Gasteiger partial charge on any atom is 0.255 e. The normalized spacial score (nSPS) is 18.0. The van der Waals surface area contributed by atoms with Gasteiger partial charge in [0.15, 0.2) is 0 Å². The first-order chi connectivity index (χ1) is 11.4. The number of amides is 1. The van der Waals surface area contributed by atoms with Crippen molar-refractivity contribution in [2.75, 3.05) is 12.3 Å². The second-order valence-electron chi connectivity index (χ2n) is 7.10. The van der Waals surface area contributed by atoms with Crippen LogP contribution in [0.1, 0.15) is 47.6 Å². The molecule has 0 radical (unpaired) electrons. The number of carbonyl (C=O) groups is 1. The Bertz CT molecular complexity index is 736. The molecule has 24 heavy (non-hydrogen) atoms. The van der Waals surface area contributed by atoms with E-state index in [4.69, 9.17) is 11.6 Å². The largest absolute Gasteiger partial charge is 0.322 e. The van der Waals surface area contributed by atoms with Crippen molar-refractivity contribution in [2.24, 2.45) is 0 Å². The highest BCUT2D eigenvalue weighted by molar-refractivity contribution is 7.99. The molecule has 0 aliphatic carbocycles. The summed E-state index contributed by atoms with van der Waals surface area (Å²) in [6.07, 6.45) is 0. The van der Waals surface area contributed by atoms with Crippen molar-refractivity contribution in [3.8, 4) is 0 Å². The second-order valence-corrected chi connectivity index (χ2v) is 8.73. The molecule has 0 spiro atoms. The zero-order chi connectivity index (χ0) is 17.3. The fourth-order valence-corrected chi connectivity index (χ4v) is 4.34. The minimum Gasteiger partial charge on any atom is -0.322 e. The number of nitrogens with zero attached hydrogens (tertiary/aromatic N) is 1. The number of carbonyl (C=O) groups excluding carboxylic acids is 1. The van der Waals surface area contributed by atoms with Crippen LogP contribution in [0.15, 0.2) is 48.5 Å². The lowest BCUT2D eigenvalue weighted by Crippen LogP contribution is -2.30. The van der Waals surface area contributed by atoms with Crippen molar-refractivity contribution in [3.63, 3.8) is 0 Å². The summed E-state index contributed by atoms with van der Waals surface area (Å²) in [5.74, 6) is 1.04. The molecule has 4 heteroatoms. The Hall–Kier alpha value is -1.45. The highest BCUT2D eigenvalue weighted by Gasteiger charge is 2.31. The molecule has 2 nitrogen and oxygen atoms in total. The molecule has 0 aromatic heterocycles. The van der Waals surface area contributed by atoms with Crippen LogP contribution in [-0.2, 0) is 5.41 Å². The van der Waals surface area contributed by atoms with Crippen molar-refractivity contribution >= 4 is 29.3 Å². The monoisotopic (exact) mass is 359 g/mol. The van der Waals surface area contributed by atoms with Crippen LogP contribution in [0.3, 0.4) is 0 Å². The van der Waals surface area contributed by atoms with Crippen LogP contribution >= 0.6 is 23.4 Å². The van der Waals surface area contributed by atoms with Gasteiger partial charge in [0.25, 0.3) is 5.91 Å². The van der Waals surface area contributed by atoms with Gasteiger partial charge in [-0.05, 0) is 40.8 Å². The zero-order valence-corrected chi connectivity index (χ0v) is 15.8. The average molecular weight is 360 g/mol. The Morgan fingerprint density at radius 3 is 2.50 bits per heavy atom. The molecule has 0 bridgehead atoms. The van der Waals surface area contributed by atoms with E-state index in [1.165, 1.54) is 5.56 Å². The lowest BCUT2D eigenvalue weighted by Gasteiger charge is -2.25. The summed E-state index contributed by atoms with van der Waals surface area (Å²) < 4.78 is 0. The smallest absolute Gasteiger partial charge is 0.255 e.